The van der Waals surface area contributed by atoms with E-state index < -0.39 is 0 Å². The quantitative estimate of drug-likeness (QED) is 0.291. The minimum absolute atomic E-state index is 0.0180. The lowest BCUT2D eigenvalue weighted by atomic mass is 9.89. The molecule has 8 heteroatoms. The van der Waals surface area contributed by atoms with Crippen LogP contribution in [0.4, 0.5) is 5.82 Å². The zero-order chi connectivity index (χ0) is 30.3. The van der Waals surface area contributed by atoms with Crippen molar-refractivity contribution in [3.63, 3.8) is 0 Å². The maximum atomic E-state index is 13.2. The number of piperazine rings is 1. The van der Waals surface area contributed by atoms with Crippen LogP contribution in [-0.4, -0.2) is 77.7 Å². The van der Waals surface area contributed by atoms with E-state index in [1.54, 1.807) is 18.3 Å². The molecule has 2 aliphatic heterocycles. The Hall–Kier alpha value is -3.90. The van der Waals surface area contributed by atoms with Crippen LogP contribution in [0.15, 0.2) is 107 Å². The molecule has 6 rings (SSSR count). The fourth-order valence-electron chi connectivity index (χ4n) is 6.37. The Morgan fingerprint density at radius 1 is 1.00 bits per heavy atom. The largest absolute Gasteiger partial charge is 0.508 e. The Labute approximate surface area is 268 Å². The summed E-state index contributed by atoms with van der Waals surface area (Å²) in [5, 5.41) is 12.7. The third-order valence-electron chi connectivity index (χ3n) is 8.87. The van der Waals surface area contributed by atoms with Crippen LogP contribution in [0.3, 0.4) is 0 Å². The number of nitrogens with zero attached hydrogens (tertiary/aromatic N) is 4. The third kappa shape index (κ3) is 7.41. The topological polar surface area (TPSA) is 71.9 Å². The summed E-state index contributed by atoms with van der Waals surface area (Å²) in [5.41, 5.74) is 10.0. The highest BCUT2D eigenvalue weighted by molar-refractivity contribution is 9.10. The average Bonchev–Trinajstić information content (AvgIpc) is 3.07. The first-order valence-corrected chi connectivity index (χ1v) is 16.2. The van der Waals surface area contributed by atoms with Crippen LogP contribution in [0.5, 0.6) is 5.75 Å². The van der Waals surface area contributed by atoms with Gasteiger partial charge < -0.3 is 15.3 Å². The highest BCUT2D eigenvalue weighted by Crippen LogP contribution is 2.29. The second-order valence-electron chi connectivity index (χ2n) is 11.7. The molecule has 0 bridgehead atoms. The molecule has 2 aromatic carbocycles. The Morgan fingerprint density at radius 2 is 1.75 bits per heavy atom. The van der Waals surface area contributed by atoms with Crippen LogP contribution in [0.2, 0.25) is 0 Å². The van der Waals surface area contributed by atoms with Gasteiger partial charge in [0.05, 0.1) is 10.0 Å². The van der Waals surface area contributed by atoms with Gasteiger partial charge in [-0.25, -0.2) is 4.98 Å². The van der Waals surface area contributed by atoms with Crippen molar-refractivity contribution >= 4 is 27.7 Å². The van der Waals surface area contributed by atoms with Crippen LogP contribution < -0.4 is 10.2 Å². The summed E-state index contributed by atoms with van der Waals surface area (Å²) in [7, 11) is 0. The number of amides is 1. The van der Waals surface area contributed by atoms with E-state index in [4.69, 9.17) is 4.98 Å². The van der Waals surface area contributed by atoms with Gasteiger partial charge in [0.25, 0.3) is 5.91 Å². The summed E-state index contributed by atoms with van der Waals surface area (Å²) in [4.78, 5) is 25.4. The number of aromatic nitrogens is 1. The van der Waals surface area contributed by atoms with E-state index in [-0.39, 0.29) is 11.8 Å². The molecule has 2 fully saturated rings. The first-order valence-electron chi connectivity index (χ1n) is 15.4. The summed E-state index contributed by atoms with van der Waals surface area (Å²) >= 11 is 3.71. The van der Waals surface area contributed by atoms with Crippen molar-refractivity contribution in [1.82, 2.24) is 20.1 Å². The molecule has 1 aromatic heterocycles. The van der Waals surface area contributed by atoms with Gasteiger partial charge in [0.1, 0.15) is 11.6 Å². The van der Waals surface area contributed by atoms with Gasteiger partial charge in [-0.3, -0.25) is 14.6 Å². The van der Waals surface area contributed by atoms with Gasteiger partial charge in [0.15, 0.2) is 0 Å². The van der Waals surface area contributed by atoms with Crippen molar-refractivity contribution < 1.29 is 9.90 Å². The molecule has 0 radical (unpaired) electrons. The molecular weight excluding hydrogens is 614 g/mol. The number of rotatable bonds is 9. The van der Waals surface area contributed by atoms with Crippen molar-refractivity contribution in [2.75, 3.05) is 50.7 Å². The molecule has 1 atom stereocenters. The normalized spacial score (nSPS) is 18.3. The van der Waals surface area contributed by atoms with Gasteiger partial charge in [0.2, 0.25) is 0 Å². The zero-order valence-corrected chi connectivity index (χ0v) is 26.4. The summed E-state index contributed by atoms with van der Waals surface area (Å²) in [6.07, 6.45) is 9.85. The van der Waals surface area contributed by atoms with Crippen LogP contribution >= 0.6 is 15.9 Å². The number of anilines is 1. The van der Waals surface area contributed by atoms with Gasteiger partial charge >= 0.3 is 0 Å². The highest BCUT2D eigenvalue weighted by Gasteiger charge is 2.28. The minimum atomic E-state index is -0.140. The van der Waals surface area contributed by atoms with Crippen LogP contribution in [-0.2, 0) is 6.54 Å². The van der Waals surface area contributed by atoms with Gasteiger partial charge in [0, 0.05) is 57.4 Å². The van der Waals surface area contributed by atoms with Crippen molar-refractivity contribution in [3.8, 4) is 5.75 Å². The van der Waals surface area contributed by atoms with Crippen LogP contribution in [0, 0.1) is 0 Å². The summed E-state index contributed by atoms with van der Waals surface area (Å²) < 4.78 is 0.842. The molecule has 1 unspecified atom stereocenters. The monoisotopic (exact) mass is 651 g/mol. The number of piperidine rings is 1. The Bertz CT molecular complexity index is 1580. The van der Waals surface area contributed by atoms with Gasteiger partial charge in [-0.2, -0.15) is 0 Å². The Morgan fingerprint density at radius 3 is 2.43 bits per heavy atom. The lowest BCUT2D eigenvalue weighted by Crippen LogP contribution is -2.53. The van der Waals surface area contributed by atoms with Crippen molar-refractivity contribution in [1.29, 1.82) is 0 Å². The molecule has 7 nitrogen and oxygen atoms in total. The molecule has 2 N–H and O–H groups in total. The van der Waals surface area contributed by atoms with E-state index in [9.17, 15) is 9.90 Å². The number of carbonyl (C=O) groups is 1. The number of benzene rings is 2. The fraction of sp³-hybridized carbons (Fsp3) is 0.333. The summed E-state index contributed by atoms with van der Waals surface area (Å²) in [6.45, 7) is 7.44. The maximum absolute atomic E-state index is 13.2. The number of aromatic hydroxyl groups is 1. The average molecular weight is 653 g/mol. The summed E-state index contributed by atoms with van der Waals surface area (Å²) in [6, 6.07) is 20.3. The minimum Gasteiger partial charge on any atom is -0.508 e. The van der Waals surface area contributed by atoms with Crippen molar-refractivity contribution in [2.45, 2.75) is 31.3 Å². The number of allylic oxidation sites excluding steroid dienone is 3. The van der Waals surface area contributed by atoms with Gasteiger partial charge in [-0.1, -0.05) is 53.9 Å². The zero-order valence-electron chi connectivity index (χ0n) is 24.8. The number of phenolic OH excluding ortho intramolecular Hbond substituents is 1. The highest BCUT2D eigenvalue weighted by atomic mass is 79.9. The second kappa shape index (κ2) is 14.3. The number of likely N-dealkylation sites (tertiary alicyclic amines) is 1. The molecular formula is C36H38BrN5O2. The molecule has 3 aromatic rings. The molecule has 0 spiro atoms. The number of hydrogen-bond donors (Lipinski definition) is 2. The molecule has 1 amide bonds. The van der Waals surface area contributed by atoms with E-state index in [1.165, 1.54) is 18.4 Å². The number of halogens is 1. The fourth-order valence-corrected chi connectivity index (χ4v) is 6.97. The second-order valence-corrected chi connectivity index (χ2v) is 12.5. The van der Waals surface area contributed by atoms with Crippen LogP contribution in [0.1, 0.15) is 40.2 Å². The van der Waals surface area contributed by atoms with E-state index in [0.29, 0.717) is 23.9 Å². The molecule has 226 valence electrons. The number of pyridine rings is 1. The van der Waals surface area contributed by atoms with Crippen molar-refractivity contribution in [2.24, 2.45) is 0 Å². The standard InChI is InChI=1S/C36H38BrN5O2/c37-34-23-30(36(44)39-25-33(28-7-3-1-4-8-28)29-9-5-2-6-10-29)24-38-35(34)42-21-19-41(20-22-42)31-15-17-40(18-16-31)26-27-11-13-32(43)14-12-27/h1,3-5,7-14,23-24,31,33,43H,15-22,25-26H2,(H,39,44). The number of carbonyl (C=O) groups excluding carboxylic acids is 1. The lowest BCUT2D eigenvalue weighted by molar-refractivity contribution is 0.0951. The van der Waals surface area contributed by atoms with Gasteiger partial charge in [-0.15, -0.1) is 0 Å². The molecule has 44 heavy (non-hydrogen) atoms. The van der Waals surface area contributed by atoms with E-state index in [0.717, 1.165) is 67.2 Å². The Balaban J connectivity index is 0.996. The Kier molecular flexibility index (Phi) is 9.76. The van der Waals surface area contributed by atoms with E-state index in [2.05, 4.69) is 59.5 Å². The van der Waals surface area contributed by atoms with E-state index >= 15 is 0 Å². The molecule has 1 aliphatic carbocycles. The van der Waals surface area contributed by atoms with Crippen LogP contribution in [0.25, 0.3) is 0 Å². The molecule has 0 saturated carbocycles. The third-order valence-corrected chi connectivity index (χ3v) is 9.45. The predicted octanol–water partition coefficient (Wildman–Crippen LogP) is 5.66. The SMILES string of the molecule is O=C(NCC(C1=CC=C=C=C1)c1ccccc1)c1cnc(N2CCN(C3CCN(Cc4ccc(O)cc4)CC3)CC2)c(Br)c1. The molecule has 2 saturated heterocycles. The maximum Gasteiger partial charge on any atom is 0.252 e. The first kappa shape index (κ1) is 30.1. The predicted molar refractivity (Wildman–Crippen MR) is 178 cm³/mol. The first-order chi connectivity index (χ1) is 21.5. The summed E-state index contributed by atoms with van der Waals surface area (Å²) in [5.74, 6) is 1.09. The number of hydrogen-bond acceptors (Lipinski definition) is 6. The lowest BCUT2D eigenvalue weighted by Gasteiger charge is -2.43. The number of phenols is 1. The van der Waals surface area contributed by atoms with E-state index in [1.807, 2.05) is 54.6 Å². The smallest absolute Gasteiger partial charge is 0.252 e. The van der Waals surface area contributed by atoms with Crippen molar-refractivity contribution in [3.05, 3.63) is 123 Å². The molecule has 3 aliphatic rings. The van der Waals surface area contributed by atoms with Gasteiger partial charge in [-0.05, 0) is 95.0 Å². The molecule has 3 heterocycles. The number of nitrogens with one attached hydrogen (secondary N) is 1.